The van der Waals surface area contributed by atoms with Gasteiger partial charge in [0.2, 0.25) is 0 Å². The lowest BCUT2D eigenvalue weighted by Crippen LogP contribution is -2.41. The van der Waals surface area contributed by atoms with E-state index >= 15 is 0 Å². The number of aryl methyl sites for hydroxylation is 1. The summed E-state index contributed by atoms with van der Waals surface area (Å²) in [6.07, 6.45) is 2.93. The summed E-state index contributed by atoms with van der Waals surface area (Å²) in [4.78, 5) is 0. The standard InChI is InChI=1S/C14H21NO2/c16-14(8-10-17-12-14)11-15-9-4-7-13-5-2-1-3-6-13/h1-3,5-6,15-16H,4,7-12H2. The van der Waals surface area contributed by atoms with Crippen LogP contribution in [0, 0.1) is 0 Å². The van der Waals surface area contributed by atoms with Gasteiger partial charge in [0.1, 0.15) is 5.60 Å². The van der Waals surface area contributed by atoms with Crippen LogP contribution in [-0.4, -0.2) is 37.0 Å². The summed E-state index contributed by atoms with van der Waals surface area (Å²) >= 11 is 0. The van der Waals surface area contributed by atoms with Crippen molar-refractivity contribution in [3.05, 3.63) is 35.9 Å². The van der Waals surface area contributed by atoms with E-state index in [1.54, 1.807) is 0 Å². The topological polar surface area (TPSA) is 41.5 Å². The number of ether oxygens (including phenoxy) is 1. The van der Waals surface area contributed by atoms with E-state index in [2.05, 4.69) is 29.6 Å². The smallest absolute Gasteiger partial charge is 0.102 e. The highest BCUT2D eigenvalue weighted by Gasteiger charge is 2.31. The third kappa shape index (κ3) is 4.11. The summed E-state index contributed by atoms with van der Waals surface area (Å²) in [5.41, 5.74) is 0.740. The van der Waals surface area contributed by atoms with Gasteiger partial charge >= 0.3 is 0 Å². The molecule has 1 unspecified atom stereocenters. The number of rotatable bonds is 6. The lowest BCUT2D eigenvalue weighted by molar-refractivity contribution is 0.0272. The molecular formula is C14H21NO2. The molecular weight excluding hydrogens is 214 g/mol. The van der Waals surface area contributed by atoms with Crippen LogP contribution in [0.5, 0.6) is 0 Å². The van der Waals surface area contributed by atoms with Crippen LogP contribution >= 0.6 is 0 Å². The maximum Gasteiger partial charge on any atom is 0.102 e. The molecule has 1 atom stereocenters. The van der Waals surface area contributed by atoms with Crippen LogP contribution in [0.25, 0.3) is 0 Å². The molecule has 2 N–H and O–H groups in total. The van der Waals surface area contributed by atoms with Crippen LogP contribution in [0.15, 0.2) is 30.3 Å². The van der Waals surface area contributed by atoms with Crippen molar-refractivity contribution in [3.8, 4) is 0 Å². The fourth-order valence-electron chi connectivity index (χ4n) is 2.12. The molecule has 3 nitrogen and oxygen atoms in total. The van der Waals surface area contributed by atoms with Gasteiger partial charge in [-0.2, -0.15) is 0 Å². The molecule has 17 heavy (non-hydrogen) atoms. The molecule has 0 bridgehead atoms. The van der Waals surface area contributed by atoms with Crippen LogP contribution in [0.2, 0.25) is 0 Å². The molecule has 1 aromatic carbocycles. The molecule has 0 amide bonds. The van der Waals surface area contributed by atoms with Gasteiger partial charge in [0.25, 0.3) is 0 Å². The Bertz CT molecular complexity index is 320. The highest BCUT2D eigenvalue weighted by molar-refractivity contribution is 5.14. The first kappa shape index (κ1) is 12.6. The molecule has 0 aliphatic carbocycles. The Labute approximate surface area is 103 Å². The van der Waals surface area contributed by atoms with Crippen LogP contribution < -0.4 is 5.32 Å². The van der Waals surface area contributed by atoms with Crippen LogP contribution in [-0.2, 0) is 11.2 Å². The van der Waals surface area contributed by atoms with E-state index in [0.29, 0.717) is 19.8 Å². The Balaban J connectivity index is 1.58. The fourth-order valence-corrected chi connectivity index (χ4v) is 2.12. The molecule has 1 aromatic rings. The maximum atomic E-state index is 10.0. The second kappa shape index (κ2) is 6.15. The minimum absolute atomic E-state index is 0.471. The second-order valence-electron chi connectivity index (χ2n) is 4.79. The Morgan fingerprint density at radius 1 is 1.29 bits per heavy atom. The predicted octanol–water partition coefficient (Wildman–Crippen LogP) is 1.36. The number of aliphatic hydroxyl groups is 1. The summed E-state index contributed by atoms with van der Waals surface area (Å²) < 4.78 is 5.20. The summed E-state index contributed by atoms with van der Waals surface area (Å²) in [5, 5.41) is 13.3. The molecule has 94 valence electrons. The van der Waals surface area contributed by atoms with Crippen LogP contribution in [0.3, 0.4) is 0 Å². The van der Waals surface area contributed by atoms with Crippen molar-refractivity contribution in [2.24, 2.45) is 0 Å². The van der Waals surface area contributed by atoms with Crippen LogP contribution in [0.4, 0.5) is 0 Å². The van der Waals surface area contributed by atoms with E-state index in [4.69, 9.17) is 4.74 Å². The average molecular weight is 235 g/mol. The molecule has 1 fully saturated rings. The van der Waals surface area contributed by atoms with Gasteiger partial charge in [-0.05, 0) is 24.9 Å². The van der Waals surface area contributed by atoms with Crippen molar-refractivity contribution >= 4 is 0 Å². The minimum atomic E-state index is -0.632. The molecule has 1 heterocycles. The van der Waals surface area contributed by atoms with Crippen molar-refractivity contribution in [2.45, 2.75) is 24.9 Å². The highest BCUT2D eigenvalue weighted by atomic mass is 16.5. The molecule has 3 heteroatoms. The molecule has 0 saturated carbocycles. The van der Waals surface area contributed by atoms with Crippen molar-refractivity contribution < 1.29 is 9.84 Å². The third-order valence-corrected chi connectivity index (χ3v) is 3.20. The van der Waals surface area contributed by atoms with Gasteiger partial charge in [-0.25, -0.2) is 0 Å². The minimum Gasteiger partial charge on any atom is -0.386 e. The molecule has 1 aliphatic heterocycles. The van der Waals surface area contributed by atoms with Crippen molar-refractivity contribution in [3.63, 3.8) is 0 Å². The lowest BCUT2D eigenvalue weighted by Gasteiger charge is -2.20. The van der Waals surface area contributed by atoms with E-state index in [-0.39, 0.29) is 0 Å². The zero-order valence-electron chi connectivity index (χ0n) is 10.2. The van der Waals surface area contributed by atoms with Gasteiger partial charge in [0.15, 0.2) is 0 Å². The largest absolute Gasteiger partial charge is 0.386 e. The van der Waals surface area contributed by atoms with E-state index in [0.717, 1.165) is 25.8 Å². The van der Waals surface area contributed by atoms with E-state index < -0.39 is 5.60 Å². The normalized spacial score (nSPS) is 24.1. The van der Waals surface area contributed by atoms with Crippen LogP contribution in [0.1, 0.15) is 18.4 Å². The Hall–Kier alpha value is -0.900. The first-order valence-electron chi connectivity index (χ1n) is 6.33. The Morgan fingerprint density at radius 3 is 2.82 bits per heavy atom. The fraction of sp³-hybridized carbons (Fsp3) is 0.571. The van der Waals surface area contributed by atoms with Gasteiger partial charge in [-0.15, -0.1) is 0 Å². The first-order chi connectivity index (χ1) is 8.29. The SMILES string of the molecule is OC1(CNCCCc2ccccc2)CCOC1. The van der Waals surface area contributed by atoms with Crippen molar-refractivity contribution in [1.82, 2.24) is 5.32 Å². The van der Waals surface area contributed by atoms with Crippen molar-refractivity contribution in [2.75, 3.05) is 26.3 Å². The lowest BCUT2D eigenvalue weighted by atomic mass is 10.0. The monoisotopic (exact) mass is 235 g/mol. The number of hydrogen-bond acceptors (Lipinski definition) is 3. The Morgan fingerprint density at radius 2 is 2.12 bits per heavy atom. The quantitative estimate of drug-likeness (QED) is 0.732. The molecule has 1 aliphatic rings. The van der Waals surface area contributed by atoms with Crippen molar-refractivity contribution in [1.29, 1.82) is 0 Å². The third-order valence-electron chi connectivity index (χ3n) is 3.20. The first-order valence-corrected chi connectivity index (χ1v) is 6.33. The van der Waals surface area contributed by atoms with Gasteiger partial charge in [0.05, 0.1) is 6.61 Å². The zero-order chi connectivity index (χ0) is 12.0. The summed E-state index contributed by atoms with van der Waals surface area (Å²) in [5.74, 6) is 0. The molecule has 0 spiro atoms. The molecule has 0 aromatic heterocycles. The second-order valence-corrected chi connectivity index (χ2v) is 4.79. The number of nitrogens with one attached hydrogen (secondary N) is 1. The maximum absolute atomic E-state index is 10.0. The van der Waals surface area contributed by atoms with Gasteiger partial charge < -0.3 is 15.2 Å². The van der Waals surface area contributed by atoms with E-state index in [9.17, 15) is 5.11 Å². The van der Waals surface area contributed by atoms with E-state index in [1.807, 2.05) is 6.07 Å². The van der Waals surface area contributed by atoms with Gasteiger partial charge in [0, 0.05) is 19.6 Å². The predicted molar refractivity (Wildman–Crippen MR) is 68.0 cm³/mol. The highest BCUT2D eigenvalue weighted by Crippen LogP contribution is 2.16. The van der Waals surface area contributed by atoms with E-state index in [1.165, 1.54) is 5.56 Å². The number of hydrogen-bond donors (Lipinski definition) is 2. The summed E-state index contributed by atoms with van der Waals surface area (Å²) in [7, 11) is 0. The summed E-state index contributed by atoms with van der Waals surface area (Å²) in [6, 6.07) is 10.5. The Kier molecular flexibility index (Phi) is 4.54. The van der Waals surface area contributed by atoms with Gasteiger partial charge in [-0.3, -0.25) is 0 Å². The number of benzene rings is 1. The zero-order valence-corrected chi connectivity index (χ0v) is 10.2. The summed E-state index contributed by atoms with van der Waals surface area (Å²) in [6.45, 7) is 2.74. The van der Waals surface area contributed by atoms with Gasteiger partial charge in [-0.1, -0.05) is 30.3 Å². The molecule has 1 saturated heterocycles. The molecule has 0 radical (unpaired) electrons. The molecule has 2 rings (SSSR count). The average Bonchev–Trinajstić information content (AvgIpc) is 2.77.